The number of anilines is 1. The van der Waals surface area contributed by atoms with Crippen LogP contribution >= 0.6 is 11.6 Å². The fourth-order valence-corrected chi connectivity index (χ4v) is 4.52. The molecule has 3 aromatic heterocycles. The van der Waals surface area contributed by atoms with Gasteiger partial charge in [0.1, 0.15) is 22.9 Å². The molecule has 1 aliphatic rings. The lowest BCUT2D eigenvalue weighted by molar-refractivity contribution is 0.0715. The number of halogens is 1. The van der Waals surface area contributed by atoms with Gasteiger partial charge in [-0.05, 0) is 43.2 Å². The summed E-state index contributed by atoms with van der Waals surface area (Å²) in [6, 6.07) is 17.0. The number of nitrogens with zero attached hydrogens (tertiary/aromatic N) is 4. The van der Waals surface area contributed by atoms with Crippen molar-refractivity contribution in [1.82, 2.24) is 19.4 Å². The first-order chi connectivity index (χ1) is 16.0. The smallest absolute Gasteiger partial charge is 0.219 e. The number of aromatic nitrogens is 4. The van der Waals surface area contributed by atoms with Crippen LogP contribution in [0.15, 0.2) is 67.0 Å². The van der Waals surface area contributed by atoms with Crippen LogP contribution in [0.2, 0.25) is 5.02 Å². The van der Waals surface area contributed by atoms with Gasteiger partial charge in [-0.2, -0.15) is 0 Å². The molecule has 1 aliphatic carbocycles. The summed E-state index contributed by atoms with van der Waals surface area (Å²) in [5.41, 5.74) is 9.08. The number of nitrogens with two attached hydrogens (primary N) is 1. The Morgan fingerprint density at radius 2 is 1.88 bits per heavy atom. The lowest BCUT2D eigenvalue weighted by Gasteiger charge is -2.30. The van der Waals surface area contributed by atoms with Gasteiger partial charge in [-0.15, -0.1) is 0 Å². The Morgan fingerprint density at radius 3 is 2.67 bits per heavy atom. The minimum absolute atomic E-state index is 0.198. The summed E-state index contributed by atoms with van der Waals surface area (Å²) in [4.78, 5) is 13.8. The number of hydrogen-bond donors (Lipinski definition) is 2. The molecule has 7 nitrogen and oxygen atoms in total. The zero-order valence-corrected chi connectivity index (χ0v) is 18.3. The molecule has 0 radical (unpaired) electrons. The Labute approximate surface area is 194 Å². The molecular formula is C25H20ClN5O2. The van der Waals surface area contributed by atoms with Crippen LogP contribution in [0, 0.1) is 0 Å². The normalized spacial score (nSPS) is 17.9. The Balaban J connectivity index is 1.43. The van der Waals surface area contributed by atoms with Crippen molar-refractivity contribution >= 4 is 33.8 Å². The van der Waals surface area contributed by atoms with E-state index in [1.54, 1.807) is 6.20 Å². The minimum atomic E-state index is -0.269. The first-order valence-electron chi connectivity index (χ1n) is 10.7. The number of ether oxygens (including phenoxy) is 1. The van der Waals surface area contributed by atoms with E-state index in [4.69, 9.17) is 22.1 Å². The molecule has 2 aromatic carbocycles. The van der Waals surface area contributed by atoms with Crippen LogP contribution in [-0.2, 0) is 0 Å². The van der Waals surface area contributed by atoms with Crippen LogP contribution in [0.4, 0.5) is 5.82 Å². The van der Waals surface area contributed by atoms with Crippen molar-refractivity contribution < 1.29 is 9.84 Å². The summed E-state index contributed by atoms with van der Waals surface area (Å²) in [6.45, 7) is 0. The number of para-hydroxylation sites is 1. The maximum Gasteiger partial charge on any atom is 0.219 e. The van der Waals surface area contributed by atoms with E-state index >= 15 is 0 Å². The number of pyridine rings is 1. The molecule has 8 heteroatoms. The van der Waals surface area contributed by atoms with Crippen LogP contribution in [-0.4, -0.2) is 30.6 Å². The van der Waals surface area contributed by atoms with E-state index in [2.05, 4.69) is 15.0 Å². The average Bonchev–Trinajstić information content (AvgIpc) is 3.21. The number of benzene rings is 2. The molecule has 33 heavy (non-hydrogen) atoms. The van der Waals surface area contributed by atoms with Gasteiger partial charge in [0.15, 0.2) is 0 Å². The molecule has 0 amide bonds. The van der Waals surface area contributed by atoms with Gasteiger partial charge in [0.25, 0.3) is 0 Å². The molecule has 164 valence electrons. The zero-order valence-electron chi connectivity index (χ0n) is 17.5. The van der Waals surface area contributed by atoms with Gasteiger partial charge in [0.2, 0.25) is 5.88 Å². The monoisotopic (exact) mass is 457 g/mol. The third-order valence-corrected chi connectivity index (χ3v) is 6.37. The highest BCUT2D eigenvalue weighted by Gasteiger charge is 2.32. The number of fused-ring (bicyclic) bond motifs is 2. The van der Waals surface area contributed by atoms with E-state index in [-0.39, 0.29) is 12.0 Å². The molecule has 1 saturated carbocycles. The van der Waals surface area contributed by atoms with E-state index in [0.29, 0.717) is 41.0 Å². The summed E-state index contributed by atoms with van der Waals surface area (Å²) in [5.74, 6) is 2.65. The van der Waals surface area contributed by atoms with Crippen molar-refractivity contribution in [3.05, 3.63) is 77.8 Å². The Hall–Kier alpha value is -3.68. The molecule has 0 unspecified atom stereocenters. The van der Waals surface area contributed by atoms with E-state index in [0.717, 1.165) is 27.8 Å². The highest BCUT2D eigenvalue weighted by Crippen LogP contribution is 2.38. The first-order valence-corrected chi connectivity index (χ1v) is 11.1. The molecule has 5 aromatic rings. The van der Waals surface area contributed by atoms with E-state index in [1.165, 1.54) is 0 Å². The standard InChI is InChI=1S/C25H20ClN5O2/c26-19-10-14-6-7-23(33-17-4-2-1-3-5-17)29-20(14)11-18(19)21-13-31-22(24(27)30-21)12-28-25(31)15-8-16(32)9-15/h1-7,10-13,15-16,32H,8-9H2,(H2,27,30). The van der Waals surface area contributed by atoms with E-state index in [9.17, 15) is 5.11 Å². The summed E-state index contributed by atoms with van der Waals surface area (Å²) in [6.07, 6.45) is 4.75. The van der Waals surface area contributed by atoms with Gasteiger partial charge in [-0.25, -0.2) is 15.0 Å². The number of imidazole rings is 1. The van der Waals surface area contributed by atoms with E-state index < -0.39 is 0 Å². The van der Waals surface area contributed by atoms with Crippen molar-refractivity contribution in [1.29, 1.82) is 0 Å². The number of aliphatic hydroxyl groups is 1. The highest BCUT2D eigenvalue weighted by molar-refractivity contribution is 6.34. The quantitative estimate of drug-likeness (QED) is 0.384. The summed E-state index contributed by atoms with van der Waals surface area (Å²) < 4.78 is 7.84. The average molecular weight is 458 g/mol. The molecule has 0 aliphatic heterocycles. The van der Waals surface area contributed by atoms with Crippen LogP contribution < -0.4 is 10.5 Å². The molecule has 1 fully saturated rings. The number of nitrogen functional groups attached to an aromatic ring is 1. The van der Waals surface area contributed by atoms with Gasteiger partial charge >= 0.3 is 0 Å². The zero-order chi connectivity index (χ0) is 22.5. The maximum atomic E-state index is 9.72. The third-order valence-electron chi connectivity index (χ3n) is 6.05. The summed E-state index contributed by atoms with van der Waals surface area (Å²) >= 11 is 6.65. The Kier molecular flexibility index (Phi) is 4.67. The largest absolute Gasteiger partial charge is 0.439 e. The minimum Gasteiger partial charge on any atom is -0.439 e. The molecule has 0 saturated heterocycles. The molecule has 6 rings (SSSR count). The van der Waals surface area contributed by atoms with Crippen molar-refractivity contribution in [3.8, 4) is 22.9 Å². The van der Waals surface area contributed by atoms with Crippen LogP contribution in [0.5, 0.6) is 11.6 Å². The number of rotatable bonds is 4. The van der Waals surface area contributed by atoms with Crippen molar-refractivity contribution in [2.75, 3.05) is 5.73 Å². The second kappa shape index (κ2) is 7.72. The number of hydrogen-bond acceptors (Lipinski definition) is 6. The van der Waals surface area contributed by atoms with Crippen molar-refractivity contribution in [2.24, 2.45) is 0 Å². The van der Waals surface area contributed by atoms with Crippen molar-refractivity contribution in [3.63, 3.8) is 0 Å². The van der Waals surface area contributed by atoms with Gasteiger partial charge in [0, 0.05) is 29.1 Å². The fourth-order valence-electron chi connectivity index (χ4n) is 4.26. The third kappa shape index (κ3) is 3.55. The lowest BCUT2D eigenvalue weighted by atomic mass is 9.82. The van der Waals surface area contributed by atoms with Crippen molar-refractivity contribution in [2.45, 2.75) is 24.9 Å². The second-order valence-corrected chi connectivity index (χ2v) is 8.70. The predicted octanol–water partition coefficient (Wildman–Crippen LogP) is 5.21. The molecule has 0 spiro atoms. The highest BCUT2D eigenvalue weighted by atomic mass is 35.5. The van der Waals surface area contributed by atoms with Crippen LogP contribution in [0.25, 0.3) is 27.7 Å². The number of aliphatic hydroxyl groups excluding tert-OH is 1. The molecule has 3 N–H and O–H groups in total. The summed E-state index contributed by atoms with van der Waals surface area (Å²) in [5, 5.41) is 11.2. The van der Waals surface area contributed by atoms with Gasteiger partial charge in [0.05, 0.1) is 28.5 Å². The molecule has 0 bridgehead atoms. The molecular weight excluding hydrogens is 438 g/mol. The molecule has 0 atom stereocenters. The Morgan fingerprint density at radius 1 is 1.06 bits per heavy atom. The van der Waals surface area contributed by atoms with Crippen LogP contribution in [0.3, 0.4) is 0 Å². The van der Waals surface area contributed by atoms with Crippen LogP contribution in [0.1, 0.15) is 24.6 Å². The van der Waals surface area contributed by atoms with E-state index in [1.807, 2.05) is 65.2 Å². The SMILES string of the molecule is Nc1nc(-c2cc3nc(Oc4ccccc4)ccc3cc2Cl)cn2c(C3CC(O)C3)ncc12. The topological polar surface area (TPSA) is 98.6 Å². The maximum absolute atomic E-state index is 9.72. The Bertz CT molecular complexity index is 1500. The lowest BCUT2D eigenvalue weighted by Crippen LogP contribution is -2.28. The molecule has 3 heterocycles. The summed E-state index contributed by atoms with van der Waals surface area (Å²) in [7, 11) is 0. The predicted molar refractivity (Wildman–Crippen MR) is 128 cm³/mol. The van der Waals surface area contributed by atoms with Gasteiger partial charge < -0.3 is 15.6 Å². The van der Waals surface area contributed by atoms with Gasteiger partial charge in [-0.1, -0.05) is 29.8 Å². The van der Waals surface area contributed by atoms with Gasteiger partial charge in [-0.3, -0.25) is 4.40 Å². The second-order valence-electron chi connectivity index (χ2n) is 8.29. The fraction of sp³-hybridized carbons (Fsp3) is 0.160. The first kappa shape index (κ1) is 20.0.